The van der Waals surface area contributed by atoms with E-state index in [2.05, 4.69) is 0 Å². The van der Waals surface area contributed by atoms with E-state index < -0.39 is 36.2 Å². The van der Waals surface area contributed by atoms with Gasteiger partial charge in [0.2, 0.25) is 5.96 Å². The number of nitrogens with zero attached hydrogens (tertiary/aromatic N) is 5. The van der Waals surface area contributed by atoms with Crippen molar-refractivity contribution in [1.82, 2.24) is 14.7 Å². The summed E-state index contributed by atoms with van der Waals surface area (Å²) in [5.74, 6) is -0.527. The average molecular weight is 397 g/mol. The normalized spacial score (nSPS) is 24.3. The van der Waals surface area contributed by atoms with E-state index in [1.807, 2.05) is 49.2 Å². The summed E-state index contributed by atoms with van der Waals surface area (Å²) in [6.07, 6.45) is 1.19. The average Bonchev–Trinajstić information content (AvgIpc) is 3.20. The molecule has 3 aliphatic heterocycles. The first-order valence-electron chi connectivity index (χ1n) is 9.35. The van der Waals surface area contributed by atoms with Crippen LogP contribution in [0, 0.1) is 6.92 Å². The number of methoxy groups -OCH3 is 1. The number of hydrogen-bond acceptors (Lipinski definition) is 7. The highest BCUT2D eigenvalue weighted by Crippen LogP contribution is 2.37. The summed E-state index contributed by atoms with van der Waals surface area (Å²) in [5.41, 5.74) is 2.94. The summed E-state index contributed by atoms with van der Waals surface area (Å²) >= 11 is 0. The maximum absolute atomic E-state index is 13.3. The van der Waals surface area contributed by atoms with Crippen molar-refractivity contribution in [3.63, 3.8) is 0 Å². The predicted octanol–water partition coefficient (Wildman–Crippen LogP) is 1.50. The number of carbonyl (C=O) groups excluding carboxylic acids is 3. The van der Waals surface area contributed by atoms with Crippen molar-refractivity contribution in [2.24, 2.45) is 4.99 Å². The third-order valence-electron chi connectivity index (χ3n) is 5.52. The van der Waals surface area contributed by atoms with E-state index in [4.69, 9.17) is 9.73 Å². The molecule has 0 aromatic heterocycles. The van der Waals surface area contributed by atoms with E-state index in [9.17, 15) is 14.4 Å². The number of aryl methyl sites for hydroxylation is 1. The molecule has 3 atom stereocenters. The number of allylic oxidation sites excluding steroid dienone is 1. The van der Waals surface area contributed by atoms with Gasteiger partial charge in [0.15, 0.2) is 12.2 Å². The van der Waals surface area contributed by atoms with E-state index in [-0.39, 0.29) is 0 Å². The molecule has 1 saturated heterocycles. The summed E-state index contributed by atoms with van der Waals surface area (Å²) in [6.45, 7) is 5.43. The first kappa shape index (κ1) is 19.0. The lowest BCUT2D eigenvalue weighted by molar-refractivity contribution is -0.153. The van der Waals surface area contributed by atoms with Crippen LogP contribution in [0.25, 0.3) is 0 Å². The van der Waals surface area contributed by atoms with Gasteiger partial charge in [0.1, 0.15) is 6.04 Å². The van der Waals surface area contributed by atoms with Crippen LogP contribution in [0.5, 0.6) is 0 Å². The van der Waals surface area contributed by atoms with Crippen LogP contribution in [0.3, 0.4) is 0 Å². The highest BCUT2D eigenvalue weighted by atomic mass is 16.5. The Morgan fingerprint density at radius 2 is 1.97 bits per heavy atom. The molecule has 0 aliphatic carbocycles. The van der Waals surface area contributed by atoms with Crippen LogP contribution in [0.15, 0.2) is 41.2 Å². The van der Waals surface area contributed by atoms with Crippen LogP contribution < -0.4 is 4.90 Å². The molecule has 3 amide bonds. The molecule has 1 fully saturated rings. The van der Waals surface area contributed by atoms with Crippen molar-refractivity contribution in [3.05, 3.63) is 41.7 Å². The van der Waals surface area contributed by atoms with Crippen molar-refractivity contribution in [3.8, 4) is 0 Å². The van der Waals surface area contributed by atoms with Gasteiger partial charge in [0.25, 0.3) is 5.91 Å². The number of anilines is 1. The Morgan fingerprint density at radius 3 is 2.62 bits per heavy atom. The molecule has 1 aromatic rings. The number of hydrogen-bond donors (Lipinski definition) is 0. The minimum atomic E-state index is -1.02. The summed E-state index contributed by atoms with van der Waals surface area (Å²) in [7, 11) is 2.82. The number of likely N-dealkylation sites (N-methyl/N-ethyl adjacent to an activating group) is 1. The number of guanidine groups is 1. The fourth-order valence-electron chi connectivity index (χ4n) is 4.04. The molecule has 1 aromatic carbocycles. The topological polar surface area (TPSA) is 85.8 Å². The highest BCUT2D eigenvalue weighted by Gasteiger charge is 2.56. The van der Waals surface area contributed by atoms with Gasteiger partial charge in [-0.1, -0.05) is 12.1 Å². The number of benzene rings is 1. The molecular formula is C20H23N5O4. The standard InChI is InChI=1S/C20H23N5O4/c1-11-7-6-8-14(9-11)24-12(2)10-23-15-16(21-19(23)24)22(4)20(28)25(17(15)26)13(3)18(27)29-5/h6-10,13,15-16H,1-5H3. The Hall–Kier alpha value is -3.36. The van der Waals surface area contributed by atoms with Gasteiger partial charge in [-0.3, -0.25) is 9.69 Å². The number of ether oxygens (including phenoxy) is 1. The maximum atomic E-state index is 13.3. The Kier molecular flexibility index (Phi) is 4.33. The van der Waals surface area contributed by atoms with E-state index in [0.717, 1.165) is 21.8 Å². The number of carbonyl (C=O) groups is 3. The zero-order valence-electron chi connectivity index (χ0n) is 17.0. The lowest BCUT2D eigenvalue weighted by Crippen LogP contribution is -2.67. The summed E-state index contributed by atoms with van der Waals surface area (Å²) in [4.78, 5) is 48.9. The first-order valence-corrected chi connectivity index (χ1v) is 9.35. The van der Waals surface area contributed by atoms with Gasteiger partial charge in [0, 0.05) is 24.6 Å². The minimum Gasteiger partial charge on any atom is -0.467 e. The summed E-state index contributed by atoms with van der Waals surface area (Å²) in [6, 6.07) is 5.66. The number of rotatable bonds is 3. The highest BCUT2D eigenvalue weighted by molar-refractivity contribution is 6.11. The molecule has 3 heterocycles. The quantitative estimate of drug-likeness (QED) is 0.719. The van der Waals surface area contributed by atoms with Gasteiger partial charge >= 0.3 is 12.0 Å². The van der Waals surface area contributed by atoms with Gasteiger partial charge in [-0.05, 0) is 38.5 Å². The van der Waals surface area contributed by atoms with Crippen molar-refractivity contribution >= 4 is 29.6 Å². The predicted molar refractivity (Wildman–Crippen MR) is 106 cm³/mol. The largest absolute Gasteiger partial charge is 0.467 e. The van der Waals surface area contributed by atoms with Crippen molar-refractivity contribution in [2.75, 3.05) is 19.1 Å². The summed E-state index contributed by atoms with van der Waals surface area (Å²) < 4.78 is 4.73. The lowest BCUT2D eigenvalue weighted by atomic mass is 10.1. The number of amides is 3. The van der Waals surface area contributed by atoms with Crippen LogP contribution in [0.4, 0.5) is 10.5 Å². The fourth-order valence-corrected chi connectivity index (χ4v) is 4.04. The maximum Gasteiger partial charge on any atom is 0.329 e. The number of urea groups is 1. The van der Waals surface area contributed by atoms with E-state index in [1.54, 1.807) is 11.9 Å². The molecule has 9 nitrogen and oxygen atoms in total. The SMILES string of the molecule is COC(=O)C(C)N1C(=O)C2C(N=C3N(c4cccc(C)c4)C(C)=CN32)N(C)C1=O. The van der Waals surface area contributed by atoms with Crippen LogP contribution >= 0.6 is 0 Å². The molecule has 29 heavy (non-hydrogen) atoms. The van der Waals surface area contributed by atoms with Gasteiger partial charge < -0.3 is 14.5 Å². The van der Waals surface area contributed by atoms with Crippen LogP contribution in [0.1, 0.15) is 19.4 Å². The van der Waals surface area contributed by atoms with Crippen LogP contribution in [0.2, 0.25) is 0 Å². The third kappa shape index (κ3) is 2.68. The van der Waals surface area contributed by atoms with E-state index in [1.165, 1.54) is 18.9 Å². The smallest absolute Gasteiger partial charge is 0.329 e. The molecule has 4 rings (SSSR count). The van der Waals surface area contributed by atoms with Crippen LogP contribution in [-0.2, 0) is 14.3 Å². The lowest BCUT2D eigenvalue weighted by Gasteiger charge is -2.41. The monoisotopic (exact) mass is 397 g/mol. The van der Waals surface area contributed by atoms with Gasteiger partial charge in [0.05, 0.1) is 7.11 Å². The number of esters is 1. The Morgan fingerprint density at radius 1 is 1.24 bits per heavy atom. The zero-order valence-corrected chi connectivity index (χ0v) is 17.0. The molecule has 0 radical (unpaired) electrons. The molecule has 0 saturated carbocycles. The van der Waals surface area contributed by atoms with E-state index in [0.29, 0.717) is 5.96 Å². The molecule has 3 aliphatic rings. The minimum absolute atomic E-state index is 0.468. The van der Waals surface area contributed by atoms with Crippen molar-refractivity contribution in [1.29, 1.82) is 0 Å². The Labute approximate surface area is 168 Å². The first-order chi connectivity index (χ1) is 13.8. The van der Waals surface area contributed by atoms with E-state index >= 15 is 0 Å². The van der Waals surface area contributed by atoms with Gasteiger partial charge in [-0.2, -0.15) is 0 Å². The molecule has 152 valence electrons. The second-order valence-electron chi connectivity index (χ2n) is 7.44. The number of aliphatic imine (C=N–C) groups is 1. The van der Waals surface area contributed by atoms with Crippen molar-refractivity contribution in [2.45, 2.75) is 39.0 Å². The summed E-state index contributed by atoms with van der Waals surface area (Å²) in [5, 5.41) is 0. The molecule has 9 heteroatoms. The Balaban J connectivity index is 1.72. The second-order valence-corrected chi connectivity index (χ2v) is 7.44. The van der Waals surface area contributed by atoms with Crippen molar-refractivity contribution < 1.29 is 19.1 Å². The molecule has 0 N–H and O–H groups in total. The molecule has 0 bridgehead atoms. The third-order valence-corrected chi connectivity index (χ3v) is 5.52. The second kappa shape index (κ2) is 6.61. The number of fused-ring (bicyclic) bond motifs is 3. The number of imide groups is 1. The van der Waals surface area contributed by atoms with Gasteiger partial charge in [-0.15, -0.1) is 0 Å². The fraction of sp³-hybridized carbons (Fsp3) is 0.400. The molecule has 3 unspecified atom stereocenters. The molecule has 0 spiro atoms. The molecular weight excluding hydrogens is 374 g/mol. The zero-order chi connectivity index (χ0) is 21.0. The Bertz CT molecular complexity index is 971. The van der Waals surface area contributed by atoms with Crippen LogP contribution in [-0.4, -0.2) is 71.0 Å². The van der Waals surface area contributed by atoms with Gasteiger partial charge in [-0.25, -0.2) is 19.5 Å².